The second-order valence-electron chi connectivity index (χ2n) is 5.25. The highest BCUT2D eigenvalue weighted by molar-refractivity contribution is 7.80. The molecule has 1 aliphatic heterocycles. The lowest BCUT2D eigenvalue weighted by Gasteiger charge is -2.30. The van der Waals surface area contributed by atoms with E-state index in [1.807, 2.05) is 0 Å². The van der Waals surface area contributed by atoms with Crippen LogP contribution in [-0.2, 0) is 9.53 Å². The van der Waals surface area contributed by atoms with Gasteiger partial charge in [-0.15, -0.1) is 0 Å². The molecule has 0 aromatic heterocycles. The van der Waals surface area contributed by atoms with E-state index in [-0.39, 0.29) is 6.61 Å². The number of esters is 1. The number of ether oxygens (including phenoxy) is 4. The van der Waals surface area contributed by atoms with Gasteiger partial charge in [0, 0.05) is 5.70 Å². The van der Waals surface area contributed by atoms with Crippen LogP contribution in [0, 0.1) is 0 Å². The zero-order valence-corrected chi connectivity index (χ0v) is 15.7. The number of allylic oxidation sites excluding steroid dienone is 1. The molecule has 2 rings (SSSR count). The van der Waals surface area contributed by atoms with Crippen LogP contribution in [0.25, 0.3) is 0 Å². The third kappa shape index (κ3) is 3.79. The Balaban J connectivity index is 2.59. The molecular formula is C17H22N2O5S. The maximum Gasteiger partial charge on any atom is 0.338 e. The summed E-state index contributed by atoms with van der Waals surface area (Å²) in [6.45, 7) is 3.82. The van der Waals surface area contributed by atoms with Gasteiger partial charge in [0.1, 0.15) is 0 Å². The number of benzene rings is 1. The number of methoxy groups -OCH3 is 3. The second-order valence-corrected chi connectivity index (χ2v) is 5.66. The lowest BCUT2D eigenvalue weighted by Crippen LogP contribution is -2.45. The van der Waals surface area contributed by atoms with Crippen LogP contribution in [0.4, 0.5) is 0 Å². The Bertz CT molecular complexity index is 692. The Labute approximate surface area is 152 Å². The summed E-state index contributed by atoms with van der Waals surface area (Å²) in [5.41, 5.74) is 1.83. The highest BCUT2D eigenvalue weighted by atomic mass is 32.1. The number of hydrogen-bond acceptors (Lipinski definition) is 6. The fourth-order valence-corrected chi connectivity index (χ4v) is 2.96. The smallest absolute Gasteiger partial charge is 0.338 e. The fourth-order valence-electron chi connectivity index (χ4n) is 2.69. The molecule has 1 unspecified atom stereocenters. The van der Waals surface area contributed by atoms with Gasteiger partial charge < -0.3 is 29.6 Å². The average molecular weight is 366 g/mol. The van der Waals surface area contributed by atoms with Crippen LogP contribution in [0.15, 0.2) is 23.4 Å². The third-order valence-electron chi connectivity index (χ3n) is 3.78. The summed E-state index contributed by atoms with van der Waals surface area (Å²) in [7, 11) is 4.61. The summed E-state index contributed by atoms with van der Waals surface area (Å²) in [4.78, 5) is 12.4. The van der Waals surface area contributed by atoms with Gasteiger partial charge >= 0.3 is 5.97 Å². The number of nitrogens with one attached hydrogen (secondary N) is 2. The van der Waals surface area contributed by atoms with Gasteiger partial charge in [0.25, 0.3) is 0 Å². The molecule has 0 aliphatic carbocycles. The zero-order valence-electron chi connectivity index (χ0n) is 14.9. The molecule has 1 aromatic rings. The van der Waals surface area contributed by atoms with Gasteiger partial charge in [-0.1, -0.05) is 0 Å². The van der Waals surface area contributed by atoms with Crippen LogP contribution in [0.1, 0.15) is 25.5 Å². The standard InChI is InChI=1S/C17H22N2O5S/c1-6-24-16(20)13-9(2)18-17(25)19-14(13)10-7-11(21-3)15(23-5)12(8-10)22-4/h7-8,14H,6H2,1-5H3,(H2,18,19,25). The normalized spacial score (nSPS) is 16.7. The molecule has 7 nitrogen and oxygen atoms in total. The minimum absolute atomic E-state index is 0.280. The van der Waals surface area contributed by atoms with Gasteiger partial charge in [0.2, 0.25) is 5.75 Å². The molecule has 1 aromatic carbocycles. The summed E-state index contributed by atoms with van der Waals surface area (Å²) in [6, 6.07) is 3.06. The average Bonchev–Trinajstić information content (AvgIpc) is 2.59. The predicted molar refractivity (Wildman–Crippen MR) is 97.0 cm³/mol. The first-order chi connectivity index (χ1) is 12.0. The maximum atomic E-state index is 12.4. The highest BCUT2D eigenvalue weighted by Crippen LogP contribution is 2.41. The van der Waals surface area contributed by atoms with Crippen molar-refractivity contribution in [3.05, 3.63) is 29.0 Å². The van der Waals surface area contributed by atoms with Crippen LogP contribution in [0.2, 0.25) is 0 Å². The topological polar surface area (TPSA) is 78.1 Å². The van der Waals surface area contributed by atoms with Crippen LogP contribution in [0.5, 0.6) is 17.2 Å². The Morgan fingerprint density at radius 3 is 2.24 bits per heavy atom. The van der Waals surface area contributed by atoms with Crippen molar-refractivity contribution in [2.45, 2.75) is 19.9 Å². The lowest BCUT2D eigenvalue weighted by atomic mass is 9.95. The number of rotatable bonds is 6. The molecule has 2 N–H and O–H groups in total. The molecule has 1 heterocycles. The van der Waals surface area contributed by atoms with E-state index in [9.17, 15) is 4.79 Å². The largest absolute Gasteiger partial charge is 0.493 e. The molecule has 0 bridgehead atoms. The molecule has 0 saturated heterocycles. The molecule has 1 aliphatic rings. The molecule has 0 radical (unpaired) electrons. The van der Waals surface area contributed by atoms with Crippen molar-refractivity contribution in [1.29, 1.82) is 0 Å². The van der Waals surface area contributed by atoms with Gasteiger partial charge in [-0.05, 0) is 43.8 Å². The van der Waals surface area contributed by atoms with Crippen molar-refractivity contribution in [2.24, 2.45) is 0 Å². The summed E-state index contributed by atoms with van der Waals surface area (Å²) >= 11 is 5.24. The van der Waals surface area contributed by atoms with Gasteiger partial charge in [0.05, 0.1) is 39.6 Å². The van der Waals surface area contributed by atoms with Crippen LogP contribution >= 0.6 is 12.2 Å². The first kappa shape index (κ1) is 18.9. The van der Waals surface area contributed by atoms with Crippen molar-refractivity contribution in [3.8, 4) is 17.2 Å². The molecule has 25 heavy (non-hydrogen) atoms. The minimum atomic E-state index is -0.499. The van der Waals surface area contributed by atoms with Crippen molar-refractivity contribution in [2.75, 3.05) is 27.9 Å². The summed E-state index contributed by atoms with van der Waals surface area (Å²) in [6.07, 6.45) is 0. The highest BCUT2D eigenvalue weighted by Gasteiger charge is 2.32. The molecule has 0 spiro atoms. The van der Waals surface area contributed by atoms with Gasteiger partial charge in [-0.25, -0.2) is 4.79 Å². The SMILES string of the molecule is CCOC(=O)C1=C(C)NC(=S)NC1c1cc(OC)c(OC)c(OC)c1. The van der Waals surface area contributed by atoms with Gasteiger partial charge in [-0.2, -0.15) is 0 Å². The van der Waals surface area contributed by atoms with E-state index >= 15 is 0 Å². The van der Waals surface area contributed by atoms with E-state index in [1.165, 1.54) is 21.3 Å². The molecule has 0 saturated carbocycles. The van der Waals surface area contributed by atoms with Crippen molar-refractivity contribution >= 4 is 23.3 Å². The molecule has 0 fully saturated rings. The number of carbonyl (C=O) groups is 1. The lowest BCUT2D eigenvalue weighted by molar-refractivity contribution is -0.139. The Hall–Kier alpha value is -2.48. The van der Waals surface area contributed by atoms with Crippen LogP contribution < -0.4 is 24.8 Å². The number of hydrogen-bond donors (Lipinski definition) is 2. The monoisotopic (exact) mass is 366 g/mol. The summed E-state index contributed by atoms with van der Waals surface area (Å²) in [5.74, 6) is 1.04. The van der Waals surface area contributed by atoms with Crippen LogP contribution in [-0.4, -0.2) is 39.0 Å². The molecule has 8 heteroatoms. The molecular weight excluding hydrogens is 344 g/mol. The quantitative estimate of drug-likeness (QED) is 0.585. The molecule has 0 amide bonds. The van der Waals surface area contributed by atoms with E-state index < -0.39 is 12.0 Å². The first-order valence-corrected chi connectivity index (χ1v) is 8.12. The second kappa shape index (κ2) is 8.06. The van der Waals surface area contributed by atoms with E-state index in [4.69, 9.17) is 31.2 Å². The van der Waals surface area contributed by atoms with Gasteiger partial charge in [0.15, 0.2) is 16.6 Å². The van der Waals surface area contributed by atoms with Crippen molar-refractivity contribution in [3.63, 3.8) is 0 Å². The summed E-state index contributed by atoms with van der Waals surface area (Å²) in [5, 5.41) is 6.48. The summed E-state index contributed by atoms with van der Waals surface area (Å²) < 4.78 is 21.3. The van der Waals surface area contributed by atoms with Crippen molar-refractivity contribution < 1.29 is 23.7 Å². The van der Waals surface area contributed by atoms with E-state index in [0.29, 0.717) is 33.6 Å². The first-order valence-electron chi connectivity index (χ1n) is 7.72. The number of carbonyl (C=O) groups excluding carboxylic acids is 1. The molecule has 1 atom stereocenters. The van der Waals surface area contributed by atoms with Crippen molar-refractivity contribution in [1.82, 2.24) is 10.6 Å². The zero-order chi connectivity index (χ0) is 18.6. The van der Waals surface area contributed by atoms with E-state index in [2.05, 4.69) is 10.6 Å². The minimum Gasteiger partial charge on any atom is -0.493 e. The Morgan fingerprint density at radius 1 is 1.16 bits per heavy atom. The van der Waals surface area contributed by atoms with E-state index in [1.54, 1.807) is 26.0 Å². The van der Waals surface area contributed by atoms with Gasteiger partial charge in [-0.3, -0.25) is 0 Å². The predicted octanol–water partition coefficient (Wildman–Crippen LogP) is 2.07. The number of thiocarbonyl (C=S) groups is 1. The fraction of sp³-hybridized carbons (Fsp3) is 0.412. The molecule has 136 valence electrons. The Kier molecular flexibility index (Phi) is 6.08. The van der Waals surface area contributed by atoms with E-state index in [0.717, 1.165) is 5.56 Å². The maximum absolute atomic E-state index is 12.4. The Morgan fingerprint density at radius 2 is 1.76 bits per heavy atom. The third-order valence-corrected chi connectivity index (χ3v) is 4.00. The van der Waals surface area contributed by atoms with Crippen LogP contribution in [0.3, 0.4) is 0 Å².